The summed E-state index contributed by atoms with van der Waals surface area (Å²) in [6, 6.07) is 11.8. The lowest BCUT2D eigenvalue weighted by Crippen LogP contribution is -1.99. The number of pyridine rings is 1. The summed E-state index contributed by atoms with van der Waals surface area (Å²) in [5.74, 6) is 1.38. The summed E-state index contributed by atoms with van der Waals surface area (Å²) in [4.78, 5) is 3.95. The molecule has 0 N–H and O–H groups in total. The predicted molar refractivity (Wildman–Crippen MR) is 74.1 cm³/mol. The van der Waals surface area contributed by atoms with E-state index < -0.39 is 0 Å². The molecular weight excluding hydrogens is 246 g/mol. The molecule has 3 heteroatoms. The predicted octanol–water partition coefficient (Wildman–Crippen LogP) is 4.44. The number of halogens is 1. The zero-order chi connectivity index (χ0) is 13.0. The maximum Gasteiger partial charge on any atom is 0.129 e. The summed E-state index contributed by atoms with van der Waals surface area (Å²) in [6.07, 6.45) is 1.69. The Morgan fingerprint density at radius 3 is 2.72 bits per heavy atom. The fourth-order valence-electron chi connectivity index (χ4n) is 1.78. The minimum absolute atomic E-state index is 0.447. The van der Waals surface area contributed by atoms with Crippen molar-refractivity contribution in [3.05, 3.63) is 58.9 Å². The van der Waals surface area contributed by atoms with Crippen molar-refractivity contribution in [1.82, 2.24) is 4.98 Å². The van der Waals surface area contributed by atoms with Crippen molar-refractivity contribution in [3.8, 4) is 5.75 Å². The van der Waals surface area contributed by atoms with E-state index in [-0.39, 0.29) is 0 Å². The third-order valence-electron chi connectivity index (χ3n) is 2.73. The Morgan fingerprint density at radius 2 is 2.00 bits per heavy atom. The number of ether oxygens (including phenoxy) is 1. The molecule has 1 heterocycles. The van der Waals surface area contributed by atoms with Gasteiger partial charge in [0.05, 0.1) is 0 Å². The van der Waals surface area contributed by atoms with Crippen LogP contribution in [0.15, 0.2) is 42.6 Å². The average molecular weight is 262 g/mol. The molecule has 2 aromatic rings. The number of benzene rings is 1. The first-order chi connectivity index (χ1) is 8.66. The maximum atomic E-state index is 5.85. The normalized spacial score (nSPS) is 10.7. The molecule has 0 spiro atoms. The largest absolute Gasteiger partial charge is 0.489 e. The summed E-state index contributed by atoms with van der Waals surface area (Å²) >= 11 is 5.84. The van der Waals surface area contributed by atoms with Gasteiger partial charge in [0.1, 0.15) is 17.5 Å². The highest BCUT2D eigenvalue weighted by Crippen LogP contribution is 2.26. The molecule has 2 nitrogen and oxygen atoms in total. The third kappa shape index (κ3) is 3.23. The maximum absolute atomic E-state index is 5.85. The Hall–Kier alpha value is -1.54. The lowest BCUT2D eigenvalue weighted by molar-refractivity contribution is 0.301. The van der Waals surface area contributed by atoms with Gasteiger partial charge in [-0.3, -0.25) is 0 Å². The molecule has 2 rings (SSSR count). The second-order valence-electron chi connectivity index (χ2n) is 4.47. The monoisotopic (exact) mass is 261 g/mol. The highest BCUT2D eigenvalue weighted by atomic mass is 35.5. The van der Waals surface area contributed by atoms with Gasteiger partial charge in [0.25, 0.3) is 0 Å². The first kappa shape index (κ1) is 12.9. The molecule has 0 amide bonds. The minimum Gasteiger partial charge on any atom is -0.489 e. The van der Waals surface area contributed by atoms with Crippen molar-refractivity contribution in [2.45, 2.75) is 26.4 Å². The van der Waals surface area contributed by atoms with E-state index in [0.29, 0.717) is 17.7 Å². The first-order valence-corrected chi connectivity index (χ1v) is 6.37. The number of para-hydroxylation sites is 1. The summed E-state index contributed by atoms with van der Waals surface area (Å²) in [5, 5.41) is 0.494. The molecule has 1 aromatic carbocycles. The van der Waals surface area contributed by atoms with E-state index in [1.165, 1.54) is 5.56 Å². The van der Waals surface area contributed by atoms with Crippen molar-refractivity contribution in [2.75, 3.05) is 0 Å². The van der Waals surface area contributed by atoms with Gasteiger partial charge in [-0.2, -0.15) is 0 Å². The van der Waals surface area contributed by atoms with Crippen LogP contribution in [0.1, 0.15) is 30.9 Å². The number of nitrogens with zero attached hydrogens (tertiary/aromatic N) is 1. The molecule has 0 saturated heterocycles. The van der Waals surface area contributed by atoms with E-state index in [1.807, 2.05) is 30.3 Å². The van der Waals surface area contributed by atoms with Crippen molar-refractivity contribution in [1.29, 1.82) is 0 Å². The highest BCUT2D eigenvalue weighted by Gasteiger charge is 2.06. The molecule has 0 fully saturated rings. The van der Waals surface area contributed by atoms with Crippen LogP contribution in [0, 0.1) is 0 Å². The smallest absolute Gasteiger partial charge is 0.129 e. The summed E-state index contributed by atoms with van der Waals surface area (Å²) < 4.78 is 5.85. The summed E-state index contributed by atoms with van der Waals surface area (Å²) in [6.45, 7) is 4.82. The highest BCUT2D eigenvalue weighted by molar-refractivity contribution is 6.29. The lowest BCUT2D eigenvalue weighted by Gasteiger charge is -2.13. The fraction of sp³-hybridized carbons (Fsp3) is 0.267. The Bertz CT molecular complexity index is 525. The molecule has 1 aromatic heterocycles. The molecule has 0 aliphatic heterocycles. The van der Waals surface area contributed by atoms with Crippen LogP contribution in [-0.4, -0.2) is 4.98 Å². The van der Waals surface area contributed by atoms with Gasteiger partial charge in [0.2, 0.25) is 0 Å². The fourth-order valence-corrected chi connectivity index (χ4v) is 1.98. The van der Waals surface area contributed by atoms with E-state index in [4.69, 9.17) is 16.3 Å². The Kier molecular flexibility index (Phi) is 4.21. The third-order valence-corrected chi connectivity index (χ3v) is 2.93. The van der Waals surface area contributed by atoms with Gasteiger partial charge in [0.15, 0.2) is 0 Å². The average Bonchev–Trinajstić information content (AvgIpc) is 2.37. The zero-order valence-electron chi connectivity index (χ0n) is 10.6. The van der Waals surface area contributed by atoms with Crippen molar-refractivity contribution in [3.63, 3.8) is 0 Å². The lowest BCUT2D eigenvalue weighted by atomic mass is 10.0. The van der Waals surface area contributed by atoms with Crippen LogP contribution in [0.4, 0.5) is 0 Å². The van der Waals surface area contributed by atoms with Crippen LogP contribution < -0.4 is 4.74 Å². The van der Waals surface area contributed by atoms with Crippen LogP contribution in [0.25, 0.3) is 0 Å². The molecular formula is C15H16ClNO. The molecule has 18 heavy (non-hydrogen) atoms. The Morgan fingerprint density at radius 1 is 1.22 bits per heavy atom. The Balaban J connectivity index is 2.11. The van der Waals surface area contributed by atoms with Gasteiger partial charge in [-0.25, -0.2) is 4.98 Å². The molecule has 0 aliphatic rings. The Labute approximate surface area is 113 Å². The van der Waals surface area contributed by atoms with Gasteiger partial charge in [-0.05, 0) is 35.2 Å². The summed E-state index contributed by atoms with van der Waals surface area (Å²) in [7, 11) is 0. The summed E-state index contributed by atoms with van der Waals surface area (Å²) in [5.41, 5.74) is 2.24. The van der Waals surface area contributed by atoms with E-state index in [9.17, 15) is 0 Å². The van der Waals surface area contributed by atoms with Gasteiger partial charge in [-0.15, -0.1) is 0 Å². The SMILES string of the molecule is CC(C)c1ccccc1OCc1ccnc(Cl)c1. The number of aromatic nitrogens is 1. The van der Waals surface area contributed by atoms with Crippen molar-refractivity contribution >= 4 is 11.6 Å². The molecule has 0 bridgehead atoms. The number of hydrogen-bond acceptors (Lipinski definition) is 2. The van der Waals surface area contributed by atoms with Crippen LogP contribution in [0.2, 0.25) is 5.15 Å². The van der Waals surface area contributed by atoms with Gasteiger partial charge < -0.3 is 4.74 Å². The molecule has 0 radical (unpaired) electrons. The quantitative estimate of drug-likeness (QED) is 0.759. The number of rotatable bonds is 4. The van der Waals surface area contributed by atoms with Gasteiger partial charge in [0, 0.05) is 6.20 Å². The first-order valence-electron chi connectivity index (χ1n) is 5.99. The van der Waals surface area contributed by atoms with Crippen LogP contribution >= 0.6 is 11.6 Å². The van der Waals surface area contributed by atoms with E-state index in [1.54, 1.807) is 6.20 Å². The van der Waals surface area contributed by atoms with Crippen LogP contribution in [0.5, 0.6) is 5.75 Å². The minimum atomic E-state index is 0.447. The van der Waals surface area contributed by atoms with Gasteiger partial charge in [-0.1, -0.05) is 43.6 Å². The second-order valence-corrected chi connectivity index (χ2v) is 4.86. The molecule has 0 unspecified atom stereocenters. The van der Waals surface area contributed by atoms with E-state index in [0.717, 1.165) is 11.3 Å². The van der Waals surface area contributed by atoms with Crippen LogP contribution in [0.3, 0.4) is 0 Å². The molecule has 94 valence electrons. The second kappa shape index (κ2) is 5.87. The van der Waals surface area contributed by atoms with Crippen molar-refractivity contribution in [2.24, 2.45) is 0 Å². The standard InChI is InChI=1S/C15H16ClNO/c1-11(2)13-5-3-4-6-14(13)18-10-12-7-8-17-15(16)9-12/h3-9,11H,10H2,1-2H3. The van der Waals surface area contributed by atoms with Gasteiger partial charge >= 0.3 is 0 Å². The molecule has 0 atom stereocenters. The van der Waals surface area contributed by atoms with E-state index in [2.05, 4.69) is 24.9 Å². The molecule has 0 aliphatic carbocycles. The topological polar surface area (TPSA) is 22.1 Å². The molecule has 0 saturated carbocycles. The zero-order valence-corrected chi connectivity index (χ0v) is 11.3. The number of hydrogen-bond donors (Lipinski definition) is 0. The van der Waals surface area contributed by atoms with Crippen molar-refractivity contribution < 1.29 is 4.74 Å². The van der Waals surface area contributed by atoms with E-state index >= 15 is 0 Å². The van der Waals surface area contributed by atoms with Crippen LogP contribution in [-0.2, 0) is 6.61 Å².